The van der Waals surface area contributed by atoms with Gasteiger partial charge in [0, 0.05) is 12.6 Å². The normalized spacial score (nSPS) is 12.5. The van der Waals surface area contributed by atoms with Crippen molar-refractivity contribution in [3.8, 4) is 17.2 Å². The summed E-state index contributed by atoms with van der Waals surface area (Å²) in [6.45, 7) is -0.543. The second kappa shape index (κ2) is 13.8. The SMILES string of the molecule is COc1ccc(OC(=O)OCOP(=O)(COCCn2cnc3c(=O)[nH]c(N)nc32)OCc2ccccc2)cc1OC. The molecule has 0 radical (unpaired) electrons. The maximum absolute atomic E-state index is 13.4. The van der Waals surface area contributed by atoms with Crippen molar-refractivity contribution in [2.45, 2.75) is 13.2 Å². The van der Waals surface area contributed by atoms with Crippen LogP contribution in [0.1, 0.15) is 5.56 Å². The smallest absolute Gasteiger partial charge is 0.493 e. The highest BCUT2D eigenvalue weighted by Crippen LogP contribution is 2.49. The number of aromatic amines is 1. The third-order valence-electron chi connectivity index (χ3n) is 5.47. The third-order valence-corrected chi connectivity index (χ3v) is 6.99. The van der Waals surface area contributed by atoms with Gasteiger partial charge in [0.15, 0.2) is 22.7 Å². The van der Waals surface area contributed by atoms with Gasteiger partial charge in [-0.3, -0.25) is 18.9 Å². The number of ether oxygens (including phenoxy) is 5. The second-order valence-corrected chi connectivity index (χ2v) is 10.2. The fraction of sp³-hybridized carbons (Fsp3) is 0.280. The second-order valence-electron chi connectivity index (χ2n) is 8.23. The Balaban J connectivity index is 1.33. The number of methoxy groups -OCH3 is 2. The zero-order valence-corrected chi connectivity index (χ0v) is 23.1. The molecule has 2 aromatic carbocycles. The van der Waals surface area contributed by atoms with Gasteiger partial charge in [0.1, 0.15) is 12.1 Å². The van der Waals surface area contributed by atoms with Crippen LogP contribution in [-0.2, 0) is 36.2 Å². The van der Waals surface area contributed by atoms with Crippen LogP contribution in [0.3, 0.4) is 0 Å². The lowest BCUT2D eigenvalue weighted by atomic mass is 10.2. The van der Waals surface area contributed by atoms with Crippen molar-refractivity contribution in [3.63, 3.8) is 0 Å². The largest absolute Gasteiger partial charge is 0.515 e. The summed E-state index contributed by atoms with van der Waals surface area (Å²) in [5, 5.41) is 0. The van der Waals surface area contributed by atoms with Gasteiger partial charge in [-0.1, -0.05) is 30.3 Å². The number of hydrogen-bond acceptors (Lipinski definition) is 13. The Morgan fingerprint density at radius 2 is 1.85 bits per heavy atom. The molecule has 41 heavy (non-hydrogen) atoms. The number of aromatic nitrogens is 4. The van der Waals surface area contributed by atoms with Crippen molar-refractivity contribution in [1.29, 1.82) is 0 Å². The highest BCUT2D eigenvalue weighted by atomic mass is 31.2. The first-order valence-electron chi connectivity index (χ1n) is 12.1. The minimum atomic E-state index is -3.92. The summed E-state index contributed by atoms with van der Waals surface area (Å²) in [4.78, 5) is 34.6. The Bertz CT molecular complexity index is 1580. The molecule has 218 valence electrons. The number of carbonyl (C=O) groups is 1. The van der Waals surface area contributed by atoms with E-state index in [9.17, 15) is 14.2 Å². The number of nitrogens with two attached hydrogens (primary N) is 1. The number of hydrogen-bond donors (Lipinski definition) is 2. The van der Waals surface area contributed by atoms with E-state index in [-0.39, 0.29) is 42.6 Å². The van der Waals surface area contributed by atoms with E-state index in [1.807, 2.05) is 6.07 Å². The van der Waals surface area contributed by atoms with Crippen LogP contribution >= 0.6 is 7.60 Å². The highest BCUT2D eigenvalue weighted by molar-refractivity contribution is 7.53. The number of rotatable bonds is 14. The number of nitrogens with one attached hydrogen (secondary N) is 1. The van der Waals surface area contributed by atoms with E-state index < -0.39 is 32.5 Å². The molecular weight excluding hydrogens is 561 g/mol. The summed E-state index contributed by atoms with van der Waals surface area (Å²) in [6, 6.07) is 13.5. The topological polar surface area (TPSA) is 188 Å². The van der Waals surface area contributed by atoms with Crippen molar-refractivity contribution in [3.05, 3.63) is 70.8 Å². The molecule has 0 spiro atoms. The van der Waals surface area contributed by atoms with Crippen molar-refractivity contribution in [2.75, 3.05) is 39.7 Å². The Labute approximate surface area is 233 Å². The van der Waals surface area contributed by atoms with E-state index in [4.69, 9.17) is 38.5 Å². The highest BCUT2D eigenvalue weighted by Gasteiger charge is 2.27. The van der Waals surface area contributed by atoms with Crippen LogP contribution in [0.5, 0.6) is 17.2 Å². The molecule has 0 aliphatic heterocycles. The lowest BCUT2D eigenvalue weighted by molar-refractivity contribution is 0.0153. The van der Waals surface area contributed by atoms with Gasteiger partial charge in [-0.15, -0.1) is 0 Å². The van der Waals surface area contributed by atoms with E-state index >= 15 is 0 Å². The zero-order valence-electron chi connectivity index (χ0n) is 22.2. The van der Waals surface area contributed by atoms with Crippen molar-refractivity contribution >= 4 is 30.9 Å². The Morgan fingerprint density at radius 3 is 2.61 bits per heavy atom. The van der Waals surface area contributed by atoms with E-state index in [2.05, 4.69) is 15.0 Å². The van der Waals surface area contributed by atoms with E-state index in [1.165, 1.54) is 32.7 Å². The minimum Gasteiger partial charge on any atom is -0.493 e. The van der Waals surface area contributed by atoms with Crippen LogP contribution < -0.4 is 25.5 Å². The molecule has 0 saturated carbocycles. The minimum absolute atomic E-state index is 0.0318. The number of imidazole rings is 1. The summed E-state index contributed by atoms with van der Waals surface area (Å²) >= 11 is 0. The van der Waals surface area contributed by atoms with Gasteiger partial charge < -0.3 is 38.5 Å². The van der Waals surface area contributed by atoms with E-state index in [1.54, 1.807) is 34.9 Å². The third kappa shape index (κ3) is 8.05. The molecular formula is C25H28N5O10P. The number of nitrogens with zero attached hydrogens (tertiary/aromatic N) is 3. The first-order valence-corrected chi connectivity index (χ1v) is 13.8. The molecule has 2 aromatic heterocycles. The van der Waals surface area contributed by atoms with E-state index in [0.717, 1.165) is 5.56 Å². The number of fused-ring (bicyclic) bond motifs is 1. The van der Waals surface area contributed by atoms with Gasteiger partial charge in [-0.25, -0.2) is 9.78 Å². The molecule has 0 fully saturated rings. The molecule has 16 heteroatoms. The Kier molecular flexibility index (Phi) is 9.92. The van der Waals surface area contributed by atoms with Crippen LogP contribution in [0.15, 0.2) is 59.7 Å². The van der Waals surface area contributed by atoms with Crippen LogP contribution in [-0.4, -0.2) is 59.6 Å². The molecule has 1 atom stereocenters. The predicted octanol–water partition coefficient (Wildman–Crippen LogP) is 3.29. The van der Waals surface area contributed by atoms with Gasteiger partial charge in [0.2, 0.25) is 12.7 Å². The molecule has 0 saturated heterocycles. The summed E-state index contributed by atoms with van der Waals surface area (Å²) < 4.78 is 51.8. The van der Waals surface area contributed by atoms with Crippen LogP contribution in [0.25, 0.3) is 11.2 Å². The predicted molar refractivity (Wildman–Crippen MR) is 145 cm³/mol. The first-order chi connectivity index (χ1) is 19.8. The summed E-state index contributed by atoms with van der Waals surface area (Å²) in [6.07, 6.45) is -0.159. The molecule has 15 nitrogen and oxygen atoms in total. The molecule has 2 heterocycles. The average molecular weight is 589 g/mol. The van der Waals surface area contributed by atoms with Crippen LogP contribution in [0.4, 0.5) is 10.7 Å². The number of nitrogen functional groups attached to an aromatic ring is 1. The van der Waals surface area contributed by atoms with Crippen LogP contribution in [0.2, 0.25) is 0 Å². The van der Waals surface area contributed by atoms with Gasteiger partial charge in [-0.2, -0.15) is 4.98 Å². The number of anilines is 1. The first kappa shape index (κ1) is 29.6. The summed E-state index contributed by atoms with van der Waals surface area (Å²) in [5.74, 6) is 0.870. The molecule has 0 aliphatic rings. The molecule has 0 bridgehead atoms. The Morgan fingerprint density at radius 1 is 1.07 bits per heavy atom. The van der Waals surface area contributed by atoms with Gasteiger partial charge in [0.05, 0.1) is 33.8 Å². The molecule has 0 aliphatic carbocycles. The maximum atomic E-state index is 13.4. The molecule has 4 aromatic rings. The van der Waals surface area contributed by atoms with Crippen molar-refractivity contribution in [2.24, 2.45) is 0 Å². The van der Waals surface area contributed by atoms with Crippen molar-refractivity contribution in [1.82, 2.24) is 19.5 Å². The average Bonchev–Trinajstić information content (AvgIpc) is 3.37. The standard InChI is InChI=1S/C25H28N5O10P/c1-34-19-9-8-18(12-20(19)35-2)40-25(32)37-15-39-41(33,38-13-17-6-4-3-5-7-17)16-36-11-10-30-14-27-21-22(30)28-24(26)29-23(21)31/h3-9,12,14H,10-11,13,15-16H2,1-2H3,(H3,26,28,29,31). The van der Waals surface area contributed by atoms with E-state index in [0.29, 0.717) is 11.5 Å². The van der Waals surface area contributed by atoms with Gasteiger partial charge in [0.25, 0.3) is 5.56 Å². The lowest BCUT2D eigenvalue weighted by Gasteiger charge is -2.19. The van der Waals surface area contributed by atoms with Crippen LogP contribution in [0, 0.1) is 0 Å². The fourth-order valence-electron chi connectivity index (χ4n) is 3.49. The lowest BCUT2D eigenvalue weighted by Crippen LogP contribution is -2.15. The zero-order chi connectivity index (χ0) is 29.2. The maximum Gasteiger partial charge on any atom is 0.515 e. The van der Waals surface area contributed by atoms with Gasteiger partial charge in [-0.05, 0) is 17.7 Å². The quantitative estimate of drug-likeness (QED) is 0.0717. The number of benzene rings is 2. The molecule has 0 amide bonds. The number of H-pyrrole nitrogens is 1. The van der Waals surface area contributed by atoms with Crippen molar-refractivity contribution < 1.29 is 42.1 Å². The fourth-order valence-corrected chi connectivity index (χ4v) is 4.63. The molecule has 3 N–H and O–H groups in total. The Hall–Kier alpha value is -4.43. The summed E-state index contributed by atoms with van der Waals surface area (Å²) in [7, 11) is -1.01. The monoisotopic (exact) mass is 589 g/mol. The van der Waals surface area contributed by atoms with Gasteiger partial charge >= 0.3 is 13.8 Å². The number of carbonyl (C=O) groups excluding carboxylic acids is 1. The molecule has 1 unspecified atom stereocenters. The molecule has 4 rings (SSSR count). The summed E-state index contributed by atoms with van der Waals surface area (Å²) in [5.41, 5.74) is 6.28.